The first kappa shape index (κ1) is 12.8. The second kappa shape index (κ2) is 4.22. The lowest BCUT2D eigenvalue weighted by Gasteiger charge is -2.37. The molecular formula is C10H10BF2O5-. The van der Waals surface area contributed by atoms with Gasteiger partial charge in [-0.1, -0.05) is 18.5 Å². The van der Waals surface area contributed by atoms with Crippen LogP contribution < -0.4 is 4.65 Å². The molecule has 2 rings (SSSR count). The van der Waals surface area contributed by atoms with Crippen LogP contribution in [0.4, 0.5) is 8.78 Å². The summed E-state index contributed by atoms with van der Waals surface area (Å²) >= 11 is 0. The number of hydrogen-bond acceptors (Lipinski definition) is 4. The van der Waals surface area contributed by atoms with Crippen LogP contribution in [0, 0.1) is 0 Å². The lowest BCUT2D eigenvalue weighted by Crippen LogP contribution is -2.45. The highest BCUT2D eigenvalue weighted by molar-refractivity contribution is 6.59. The summed E-state index contributed by atoms with van der Waals surface area (Å²) in [5.41, 5.74) is -1.04. The minimum atomic E-state index is -3.18. The zero-order valence-electron chi connectivity index (χ0n) is 9.14. The summed E-state index contributed by atoms with van der Waals surface area (Å²) < 4.78 is 30.2. The molecule has 0 fully saturated rings. The zero-order chi connectivity index (χ0) is 13.5. The maximum Gasteiger partial charge on any atom is 0.430 e. The van der Waals surface area contributed by atoms with Crippen LogP contribution in [0.2, 0.25) is 6.32 Å². The maximum absolute atomic E-state index is 12.7. The highest BCUT2D eigenvalue weighted by atomic mass is 19.3. The van der Waals surface area contributed by atoms with Gasteiger partial charge in [0.2, 0.25) is 0 Å². The molecule has 1 aromatic carbocycles. The fourth-order valence-corrected chi connectivity index (χ4v) is 1.97. The standard InChI is InChI=1S/C10H10BF2O5/c12-9(13)6-2-1-5-3-4-11(16,17)18-8(5)7(6)10(14)15/h1-2,9,16-17H,3-4H2,(H,14,15)/q-1. The Balaban J connectivity index is 2.62. The summed E-state index contributed by atoms with van der Waals surface area (Å²) in [6.07, 6.45) is -2.92. The Morgan fingerprint density at radius 2 is 2.06 bits per heavy atom. The van der Waals surface area contributed by atoms with Gasteiger partial charge in [-0.3, -0.25) is 0 Å². The monoisotopic (exact) mass is 259 g/mol. The van der Waals surface area contributed by atoms with Crippen LogP contribution in [0.3, 0.4) is 0 Å². The van der Waals surface area contributed by atoms with Crippen molar-refractivity contribution in [3.63, 3.8) is 0 Å². The molecule has 0 radical (unpaired) electrons. The van der Waals surface area contributed by atoms with Crippen LogP contribution in [0.15, 0.2) is 12.1 Å². The number of rotatable bonds is 2. The minimum Gasteiger partial charge on any atom is -0.669 e. The summed E-state index contributed by atoms with van der Waals surface area (Å²) in [4.78, 5) is 11.0. The second-order valence-corrected chi connectivity index (χ2v) is 4.14. The molecule has 0 bridgehead atoms. The molecule has 0 aliphatic carbocycles. The predicted molar refractivity (Wildman–Crippen MR) is 57.7 cm³/mol. The molecule has 98 valence electrons. The first-order chi connectivity index (χ1) is 8.32. The first-order valence-corrected chi connectivity index (χ1v) is 5.28. The van der Waals surface area contributed by atoms with Gasteiger partial charge in [0.05, 0.1) is 5.75 Å². The van der Waals surface area contributed by atoms with Crippen LogP contribution in [0.5, 0.6) is 5.75 Å². The third-order valence-electron chi connectivity index (χ3n) is 2.82. The molecule has 8 heteroatoms. The van der Waals surface area contributed by atoms with Gasteiger partial charge in [-0.05, 0) is 12.0 Å². The highest BCUT2D eigenvalue weighted by Gasteiger charge is 2.33. The number of halogens is 2. The number of fused-ring (bicyclic) bond motifs is 1. The Hall–Kier alpha value is -1.67. The number of aryl methyl sites for hydroxylation is 1. The molecule has 0 unspecified atom stereocenters. The van der Waals surface area contributed by atoms with E-state index >= 15 is 0 Å². The Morgan fingerprint density at radius 3 is 2.61 bits per heavy atom. The van der Waals surface area contributed by atoms with E-state index in [1.807, 2.05) is 0 Å². The van der Waals surface area contributed by atoms with Crippen molar-refractivity contribution in [3.8, 4) is 5.75 Å². The van der Waals surface area contributed by atoms with Gasteiger partial charge in [0.1, 0.15) is 5.56 Å². The van der Waals surface area contributed by atoms with Crippen LogP contribution in [0.1, 0.15) is 27.9 Å². The number of aromatic carboxylic acids is 1. The summed E-state index contributed by atoms with van der Waals surface area (Å²) in [5, 5.41) is 27.7. The van der Waals surface area contributed by atoms with E-state index in [9.17, 15) is 23.6 Å². The van der Waals surface area contributed by atoms with E-state index in [1.54, 1.807) is 0 Å². The quantitative estimate of drug-likeness (QED) is 0.694. The molecule has 3 N–H and O–H groups in total. The molecule has 0 aromatic heterocycles. The van der Waals surface area contributed by atoms with Gasteiger partial charge in [-0.2, -0.15) is 0 Å². The smallest absolute Gasteiger partial charge is 0.430 e. The molecular weight excluding hydrogens is 249 g/mol. The molecule has 1 aliphatic heterocycles. The molecule has 0 spiro atoms. The van der Waals surface area contributed by atoms with E-state index < -0.39 is 30.3 Å². The van der Waals surface area contributed by atoms with Crippen molar-refractivity contribution in [2.24, 2.45) is 0 Å². The van der Waals surface area contributed by atoms with Crippen LogP contribution >= 0.6 is 0 Å². The SMILES string of the molecule is O=C(O)c1c(C(F)F)ccc2c1O[B-](O)(O)CC2. The number of carboxylic acid groups (broad SMARTS) is 1. The Kier molecular flexibility index (Phi) is 3.00. The molecule has 1 heterocycles. The fourth-order valence-electron chi connectivity index (χ4n) is 1.97. The largest absolute Gasteiger partial charge is 0.669 e. The average Bonchev–Trinajstić information content (AvgIpc) is 2.25. The molecule has 1 aromatic rings. The van der Waals surface area contributed by atoms with Gasteiger partial charge in [0.15, 0.2) is 0 Å². The van der Waals surface area contributed by atoms with Crippen molar-refractivity contribution in [2.75, 3.05) is 0 Å². The summed E-state index contributed by atoms with van der Waals surface area (Å²) in [6, 6.07) is 2.33. The van der Waals surface area contributed by atoms with Crippen LogP contribution in [-0.2, 0) is 6.42 Å². The van der Waals surface area contributed by atoms with Crippen molar-refractivity contribution in [1.82, 2.24) is 0 Å². The van der Waals surface area contributed by atoms with Crippen molar-refractivity contribution < 1.29 is 33.4 Å². The van der Waals surface area contributed by atoms with Gasteiger partial charge >= 0.3 is 12.7 Å². The van der Waals surface area contributed by atoms with Crippen molar-refractivity contribution in [1.29, 1.82) is 0 Å². The lowest BCUT2D eigenvalue weighted by atomic mass is 9.70. The van der Waals surface area contributed by atoms with Crippen molar-refractivity contribution in [3.05, 3.63) is 28.8 Å². The molecule has 0 saturated carbocycles. The van der Waals surface area contributed by atoms with Gasteiger partial charge < -0.3 is 19.8 Å². The normalized spacial score (nSPS) is 17.2. The van der Waals surface area contributed by atoms with E-state index in [1.165, 1.54) is 6.07 Å². The molecule has 0 atom stereocenters. The van der Waals surface area contributed by atoms with Gasteiger partial charge in [-0.15, -0.1) is 0 Å². The number of hydrogen-bond donors (Lipinski definition) is 3. The highest BCUT2D eigenvalue weighted by Crippen LogP contribution is 2.37. The van der Waals surface area contributed by atoms with Gasteiger partial charge in [0, 0.05) is 5.56 Å². The molecule has 18 heavy (non-hydrogen) atoms. The summed E-state index contributed by atoms with van der Waals surface area (Å²) in [5.74, 6) is -1.97. The third kappa shape index (κ3) is 2.16. The fraction of sp³-hybridized carbons (Fsp3) is 0.300. The molecule has 0 saturated heterocycles. The van der Waals surface area contributed by atoms with E-state index in [2.05, 4.69) is 0 Å². The summed E-state index contributed by atoms with van der Waals surface area (Å²) in [6.45, 7) is -3.18. The van der Waals surface area contributed by atoms with Gasteiger partial charge in [0.25, 0.3) is 6.43 Å². The zero-order valence-corrected chi connectivity index (χ0v) is 9.14. The Labute approximate surface area is 101 Å². The minimum absolute atomic E-state index is 0.0971. The summed E-state index contributed by atoms with van der Waals surface area (Å²) in [7, 11) is 0. The van der Waals surface area contributed by atoms with Crippen molar-refractivity contribution in [2.45, 2.75) is 19.2 Å². The number of benzene rings is 1. The topological polar surface area (TPSA) is 87.0 Å². The van der Waals surface area contributed by atoms with E-state index in [-0.39, 0.29) is 18.5 Å². The molecule has 1 aliphatic rings. The maximum atomic E-state index is 12.7. The van der Waals surface area contributed by atoms with E-state index in [0.717, 1.165) is 6.07 Å². The van der Waals surface area contributed by atoms with Crippen LogP contribution in [-0.4, -0.2) is 27.9 Å². The second-order valence-electron chi connectivity index (χ2n) is 4.14. The average molecular weight is 259 g/mol. The number of alkyl halides is 2. The Bertz CT molecular complexity index is 503. The molecule has 0 amide bonds. The van der Waals surface area contributed by atoms with E-state index in [0.29, 0.717) is 5.56 Å². The van der Waals surface area contributed by atoms with Crippen molar-refractivity contribution >= 4 is 12.7 Å². The number of carbonyl (C=O) groups is 1. The first-order valence-electron chi connectivity index (χ1n) is 5.28. The Morgan fingerprint density at radius 1 is 1.39 bits per heavy atom. The van der Waals surface area contributed by atoms with Gasteiger partial charge in [-0.25, -0.2) is 13.6 Å². The van der Waals surface area contributed by atoms with Crippen LogP contribution in [0.25, 0.3) is 0 Å². The lowest BCUT2D eigenvalue weighted by molar-refractivity contribution is 0.0680. The predicted octanol–water partition coefficient (Wildman–Crippen LogP) is 1.18. The molecule has 5 nitrogen and oxygen atoms in total. The van der Waals surface area contributed by atoms with E-state index in [4.69, 9.17) is 9.76 Å². The number of carboxylic acids is 1. The third-order valence-corrected chi connectivity index (χ3v) is 2.82.